The van der Waals surface area contributed by atoms with Crippen LogP contribution in [0.1, 0.15) is 12.1 Å². The Morgan fingerprint density at radius 3 is 2.77 bits per heavy atom. The van der Waals surface area contributed by atoms with E-state index in [-0.39, 0.29) is 17.7 Å². The number of hydrogen-bond acceptors (Lipinski definition) is 8. The Bertz CT molecular complexity index is 1570. The average Bonchev–Trinajstić information content (AvgIpc) is 3.48. The van der Waals surface area contributed by atoms with Crippen LogP contribution < -0.4 is 20.1 Å². The van der Waals surface area contributed by atoms with Crippen molar-refractivity contribution >= 4 is 51.5 Å². The van der Waals surface area contributed by atoms with E-state index >= 15 is 0 Å². The molecule has 1 aliphatic rings. The zero-order chi connectivity index (χ0) is 28.1. The first kappa shape index (κ1) is 26.9. The van der Waals surface area contributed by atoms with Crippen LogP contribution in [0.5, 0.6) is 11.5 Å². The van der Waals surface area contributed by atoms with Crippen molar-refractivity contribution in [2.75, 3.05) is 30.8 Å². The number of nitrogens with one attached hydrogen (secondary N) is 2. The summed E-state index contributed by atoms with van der Waals surface area (Å²) in [5, 5.41) is 7.32. The molecule has 0 bridgehead atoms. The molecule has 2 N–H and O–H groups in total. The Kier molecular flexibility index (Phi) is 8.07. The van der Waals surface area contributed by atoms with Crippen LogP contribution in [0, 0.1) is 5.92 Å². The molecular formula is C29H27ClN6O4. The average molecular weight is 559 g/mol. The standard InChI is InChI=1S/C29H27ClN6O4/c1-3-27(37)36-11-9-18(15-36)29(38)35-24-13-21-23(14-26(24)39-2)32-17-33-28(21)34-19-7-8-25(22(30)12-19)40-16-20-6-4-5-10-31-20/h3-8,10,12-14,17-18H,1,9,11,15-16H2,2H3,(H,35,38)(H,32,33,34). The molecule has 4 aromatic rings. The van der Waals surface area contributed by atoms with E-state index in [4.69, 9.17) is 21.1 Å². The maximum atomic E-state index is 13.1. The molecular weight excluding hydrogens is 532 g/mol. The maximum Gasteiger partial charge on any atom is 0.245 e. The van der Waals surface area contributed by atoms with Crippen LogP contribution in [-0.2, 0) is 16.2 Å². The van der Waals surface area contributed by atoms with Crippen LogP contribution >= 0.6 is 11.6 Å². The van der Waals surface area contributed by atoms with Gasteiger partial charge in [0.2, 0.25) is 11.8 Å². The van der Waals surface area contributed by atoms with Gasteiger partial charge in [0, 0.05) is 36.4 Å². The molecule has 3 heterocycles. The van der Waals surface area contributed by atoms with Gasteiger partial charge in [-0.25, -0.2) is 9.97 Å². The van der Waals surface area contributed by atoms with Crippen molar-refractivity contribution in [3.05, 3.63) is 84.4 Å². The predicted molar refractivity (Wildman–Crippen MR) is 153 cm³/mol. The Hall–Kier alpha value is -4.70. The number of likely N-dealkylation sites (tertiary alicyclic amines) is 1. The topological polar surface area (TPSA) is 119 Å². The number of carbonyl (C=O) groups excluding carboxylic acids is 2. The number of aromatic nitrogens is 3. The number of hydrogen-bond donors (Lipinski definition) is 2. The highest BCUT2D eigenvalue weighted by atomic mass is 35.5. The van der Waals surface area contributed by atoms with Gasteiger partial charge in [-0.1, -0.05) is 24.2 Å². The number of methoxy groups -OCH3 is 1. The summed E-state index contributed by atoms with van der Waals surface area (Å²) in [5.74, 6) is 0.788. The third-order valence-corrected chi connectivity index (χ3v) is 6.85. The molecule has 11 heteroatoms. The third-order valence-electron chi connectivity index (χ3n) is 6.56. The second-order valence-corrected chi connectivity index (χ2v) is 9.54. The van der Waals surface area contributed by atoms with Crippen LogP contribution in [-0.4, -0.2) is 51.9 Å². The lowest BCUT2D eigenvalue weighted by molar-refractivity contribution is -0.125. The number of fused-ring (bicyclic) bond motifs is 1. The summed E-state index contributed by atoms with van der Waals surface area (Å²) in [5.41, 5.74) is 2.58. The Balaban J connectivity index is 1.34. The minimum absolute atomic E-state index is 0.181. The first-order valence-electron chi connectivity index (χ1n) is 12.6. The lowest BCUT2D eigenvalue weighted by Gasteiger charge is -2.17. The normalized spacial score (nSPS) is 14.6. The molecule has 0 spiro atoms. The molecule has 2 aromatic heterocycles. The van der Waals surface area contributed by atoms with E-state index in [1.54, 1.807) is 35.4 Å². The molecule has 2 amide bonds. The van der Waals surface area contributed by atoms with Gasteiger partial charge in [0.15, 0.2) is 0 Å². The fourth-order valence-electron chi connectivity index (χ4n) is 4.46. The fourth-order valence-corrected chi connectivity index (χ4v) is 4.69. The van der Waals surface area contributed by atoms with Gasteiger partial charge in [0.25, 0.3) is 0 Å². The summed E-state index contributed by atoms with van der Waals surface area (Å²) in [6, 6.07) is 14.5. The molecule has 204 valence electrons. The van der Waals surface area contributed by atoms with E-state index in [1.807, 2.05) is 24.3 Å². The number of anilines is 3. The second kappa shape index (κ2) is 12.0. The van der Waals surface area contributed by atoms with E-state index in [2.05, 4.69) is 32.2 Å². The SMILES string of the molecule is C=CC(=O)N1CCC(C(=O)Nc2cc3c(Nc4ccc(OCc5ccccn5)c(Cl)c4)ncnc3cc2OC)C1. The first-order chi connectivity index (χ1) is 19.4. The van der Waals surface area contributed by atoms with Gasteiger partial charge >= 0.3 is 0 Å². The van der Waals surface area contributed by atoms with E-state index in [0.717, 1.165) is 5.69 Å². The molecule has 0 radical (unpaired) electrons. The van der Waals surface area contributed by atoms with E-state index in [1.165, 1.54) is 19.5 Å². The van der Waals surface area contributed by atoms with Crippen molar-refractivity contribution in [3.63, 3.8) is 0 Å². The van der Waals surface area contributed by atoms with Crippen molar-refractivity contribution in [1.82, 2.24) is 19.9 Å². The van der Waals surface area contributed by atoms with E-state index in [0.29, 0.717) is 70.7 Å². The molecule has 1 unspecified atom stereocenters. The van der Waals surface area contributed by atoms with Crippen LogP contribution in [0.15, 0.2) is 73.7 Å². The summed E-state index contributed by atoms with van der Waals surface area (Å²) in [6.07, 6.45) is 4.98. The smallest absolute Gasteiger partial charge is 0.245 e. The zero-order valence-electron chi connectivity index (χ0n) is 21.8. The van der Waals surface area contributed by atoms with Crippen molar-refractivity contribution in [3.8, 4) is 11.5 Å². The summed E-state index contributed by atoms with van der Waals surface area (Å²) in [7, 11) is 1.52. The third kappa shape index (κ3) is 5.97. The minimum Gasteiger partial charge on any atom is -0.494 e. The van der Waals surface area contributed by atoms with Gasteiger partial charge in [-0.15, -0.1) is 0 Å². The molecule has 10 nitrogen and oxygen atoms in total. The van der Waals surface area contributed by atoms with Gasteiger partial charge in [0.1, 0.15) is 30.3 Å². The lowest BCUT2D eigenvalue weighted by Crippen LogP contribution is -2.30. The van der Waals surface area contributed by atoms with Gasteiger partial charge in [-0.2, -0.15) is 0 Å². The summed E-state index contributed by atoms with van der Waals surface area (Å²) < 4.78 is 11.3. The number of rotatable bonds is 9. The summed E-state index contributed by atoms with van der Waals surface area (Å²) in [4.78, 5) is 39.6. The Labute approximate surface area is 236 Å². The van der Waals surface area contributed by atoms with Gasteiger partial charge in [0.05, 0.1) is 34.9 Å². The molecule has 1 fully saturated rings. The maximum absolute atomic E-state index is 13.1. The van der Waals surface area contributed by atoms with Crippen LogP contribution in [0.3, 0.4) is 0 Å². The molecule has 40 heavy (non-hydrogen) atoms. The Morgan fingerprint density at radius 2 is 2.02 bits per heavy atom. The van der Waals surface area contributed by atoms with E-state index < -0.39 is 0 Å². The number of nitrogens with zero attached hydrogens (tertiary/aromatic N) is 4. The number of pyridine rings is 1. The highest BCUT2D eigenvalue weighted by molar-refractivity contribution is 6.32. The largest absolute Gasteiger partial charge is 0.494 e. The van der Waals surface area contributed by atoms with Crippen LogP contribution in [0.25, 0.3) is 10.9 Å². The predicted octanol–water partition coefficient (Wildman–Crippen LogP) is 4.98. The molecule has 1 aliphatic heterocycles. The quantitative estimate of drug-likeness (QED) is 0.276. The van der Waals surface area contributed by atoms with Gasteiger partial charge in [-0.3, -0.25) is 14.6 Å². The molecule has 1 atom stereocenters. The first-order valence-corrected chi connectivity index (χ1v) is 13.0. The van der Waals surface area contributed by atoms with Crippen molar-refractivity contribution < 1.29 is 19.1 Å². The number of benzene rings is 2. The second-order valence-electron chi connectivity index (χ2n) is 9.14. The van der Waals surface area contributed by atoms with Crippen LogP contribution in [0.2, 0.25) is 5.02 Å². The number of carbonyl (C=O) groups is 2. The van der Waals surface area contributed by atoms with Gasteiger partial charge in [-0.05, 0) is 48.9 Å². The van der Waals surface area contributed by atoms with Crippen LogP contribution in [0.4, 0.5) is 17.2 Å². The summed E-state index contributed by atoms with van der Waals surface area (Å²) in [6.45, 7) is 4.66. The fraction of sp³-hybridized carbons (Fsp3) is 0.207. The monoisotopic (exact) mass is 558 g/mol. The molecule has 0 aliphatic carbocycles. The molecule has 2 aromatic carbocycles. The minimum atomic E-state index is -0.338. The lowest BCUT2D eigenvalue weighted by atomic mass is 10.1. The van der Waals surface area contributed by atoms with Crippen molar-refractivity contribution in [2.24, 2.45) is 5.92 Å². The number of amides is 2. The van der Waals surface area contributed by atoms with Gasteiger partial charge < -0.3 is 25.0 Å². The van der Waals surface area contributed by atoms with Crippen molar-refractivity contribution in [1.29, 1.82) is 0 Å². The highest BCUT2D eigenvalue weighted by Gasteiger charge is 2.30. The highest BCUT2D eigenvalue weighted by Crippen LogP contribution is 2.35. The zero-order valence-corrected chi connectivity index (χ0v) is 22.5. The van der Waals surface area contributed by atoms with Crippen molar-refractivity contribution in [2.45, 2.75) is 13.0 Å². The van der Waals surface area contributed by atoms with E-state index in [9.17, 15) is 9.59 Å². The Morgan fingerprint density at radius 1 is 1.15 bits per heavy atom. The summed E-state index contributed by atoms with van der Waals surface area (Å²) >= 11 is 6.49. The molecule has 5 rings (SSSR count). The number of halogens is 1. The molecule has 1 saturated heterocycles. The number of ether oxygens (including phenoxy) is 2. The molecule has 0 saturated carbocycles.